The lowest BCUT2D eigenvalue weighted by Crippen LogP contribution is -2.56. The third-order valence-electron chi connectivity index (χ3n) is 6.06. The molecule has 4 bridgehead atoms. The van der Waals surface area contributed by atoms with Crippen LogP contribution in [0.3, 0.4) is 0 Å². The molecule has 0 fully saturated rings. The number of fused-ring (bicyclic) bond motifs is 5. The lowest BCUT2D eigenvalue weighted by atomic mass is 9.96. The third kappa shape index (κ3) is 6.78. The van der Waals surface area contributed by atoms with E-state index in [1.54, 1.807) is 44.4 Å². The van der Waals surface area contributed by atoms with Crippen LogP contribution >= 0.6 is 0 Å². The van der Waals surface area contributed by atoms with E-state index in [1.165, 1.54) is 0 Å². The van der Waals surface area contributed by atoms with Crippen molar-refractivity contribution in [1.82, 2.24) is 21.3 Å². The zero-order chi connectivity index (χ0) is 25.5. The molecule has 0 saturated carbocycles. The van der Waals surface area contributed by atoms with Crippen molar-refractivity contribution in [1.29, 1.82) is 0 Å². The first-order valence-electron chi connectivity index (χ1n) is 11.5. The first-order chi connectivity index (χ1) is 16.7. The number of hydrogen-bond donors (Lipinski definition) is 7. The fourth-order valence-corrected chi connectivity index (χ4v) is 4.16. The second kappa shape index (κ2) is 11.8. The van der Waals surface area contributed by atoms with Crippen molar-refractivity contribution < 1.29 is 29.7 Å². The van der Waals surface area contributed by atoms with Crippen LogP contribution in [-0.4, -0.2) is 78.0 Å². The zero-order valence-corrected chi connectivity index (χ0v) is 19.7. The van der Waals surface area contributed by atoms with Crippen LogP contribution in [0.5, 0.6) is 5.75 Å². The molecule has 2 amide bonds. The van der Waals surface area contributed by atoms with E-state index in [0.717, 1.165) is 11.1 Å². The highest BCUT2D eigenvalue weighted by Crippen LogP contribution is 2.28. The summed E-state index contributed by atoms with van der Waals surface area (Å²) in [6, 6.07) is 9.18. The van der Waals surface area contributed by atoms with Crippen LogP contribution in [0.1, 0.15) is 17.5 Å². The summed E-state index contributed by atoms with van der Waals surface area (Å²) in [6.45, 7) is 0.185. The van der Waals surface area contributed by atoms with Crippen LogP contribution in [0.25, 0.3) is 11.1 Å². The summed E-state index contributed by atoms with van der Waals surface area (Å²) in [4.78, 5) is 38.2. The molecule has 1 aliphatic rings. The van der Waals surface area contributed by atoms with Crippen LogP contribution in [0.15, 0.2) is 42.5 Å². The van der Waals surface area contributed by atoms with Gasteiger partial charge in [-0.1, -0.05) is 30.3 Å². The number of likely N-dealkylation sites (N-methyl/N-ethyl adjacent to an activating group) is 2. The third-order valence-corrected chi connectivity index (χ3v) is 6.06. The standard InChI is InChI=1S/C25H32N4O6/c1-26-13-18(30)12-20-24(33)29-21(25(34)35)9-14-4-3-5-15(8-14)16-6-7-22(31)17(10-16)11-19(27-2)23(32)28-20/h3-8,10,18-21,26-27,30-31H,9,11-13H2,1-2H3,(H,28,32)(H,29,33)(H,34,35)/t18-,19+,20+,21+/m1/s1. The highest BCUT2D eigenvalue weighted by Gasteiger charge is 2.31. The van der Waals surface area contributed by atoms with Crippen LogP contribution in [0.4, 0.5) is 0 Å². The summed E-state index contributed by atoms with van der Waals surface area (Å²) in [6.07, 6.45) is -0.893. The number of carboxylic acids is 1. The van der Waals surface area contributed by atoms with Crippen molar-refractivity contribution in [3.05, 3.63) is 53.6 Å². The van der Waals surface area contributed by atoms with Crippen molar-refractivity contribution in [3.63, 3.8) is 0 Å². The first-order valence-corrected chi connectivity index (χ1v) is 11.5. The van der Waals surface area contributed by atoms with Gasteiger partial charge in [-0.3, -0.25) is 9.59 Å². The molecular formula is C25H32N4O6. The molecule has 10 heteroatoms. The van der Waals surface area contributed by atoms with Crippen LogP contribution in [0.2, 0.25) is 0 Å². The first kappa shape index (κ1) is 26.1. The number of benzene rings is 2. The van der Waals surface area contributed by atoms with Crippen LogP contribution in [-0.2, 0) is 27.2 Å². The summed E-state index contributed by atoms with van der Waals surface area (Å²) in [7, 11) is 3.23. The molecule has 0 radical (unpaired) electrons. The summed E-state index contributed by atoms with van der Waals surface area (Å²) >= 11 is 0. The number of aliphatic carboxylic acids is 1. The molecule has 188 valence electrons. The summed E-state index contributed by atoms with van der Waals surface area (Å²) in [5, 5.41) is 41.3. The Morgan fingerprint density at radius 3 is 2.49 bits per heavy atom. The van der Waals surface area contributed by atoms with Crippen molar-refractivity contribution in [2.24, 2.45) is 0 Å². The Balaban J connectivity index is 2.05. The molecule has 0 unspecified atom stereocenters. The molecule has 4 atom stereocenters. The molecule has 1 aliphatic heterocycles. The van der Waals surface area contributed by atoms with Gasteiger partial charge in [0.25, 0.3) is 0 Å². The minimum absolute atomic E-state index is 0.0265. The summed E-state index contributed by atoms with van der Waals surface area (Å²) in [5.74, 6) is -2.40. The minimum atomic E-state index is -1.24. The molecule has 0 aromatic heterocycles. The lowest BCUT2D eigenvalue weighted by molar-refractivity contribution is -0.142. The van der Waals surface area contributed by atoms with Crippen molar-refractivity contribution in [2.45, 2.75) is 43.5 Å². The van der Waals surface area contributed by atoms with E-state index in [4.69, 9.17) is 0 Å². The quantitative estimate of drug-likeness (QED) is 0.296. The molecule has 35 heavy (non-hydrogen) atoms. The highest BCUT2D eigenvalue weighted by atomic mass is 16.4. The van der Waals surface area contributed by atoms with Crippen molar-refractivity contribution in [3.8, 4) is 16.9 Å². The van der Waals surface area contributed by atoms with E-state index in [1.807, 2.05) is 12.1 Å². The van der Waals surface area contributed by atoms with Gasteiger partial charge >= 0.3 is 5.97 Å². The Labute approximate surface area is 203 Å². The van der Waals surface area contributed by atoms with E-state index in [9.17, 15) is 29.7 Å². The van der Waals surface area contributed by atoms with Crippen molar-refractivity contribution >= 4 is 17.8 Å². The molecule has 0 saturated heterocycles. The maximum atomic E-state index is 13.1. The normalized spacial score (nSPS) is 21.7. The molecular weight excluding hydrogens is 452 g/mol. The maximum Gasteiger partial charge on any atom is 0.326 e. The van der Waals surface area contributed by atoms with E-state index in [0.29, 0.717) is 11.1 Å². The fourth-order valence-electron chi connectivity index (χ4n) is 4.16. The predicted molar refractivity (Wildman–Crippen MR) is 130 cm³/mol. The lowest BCUT2D eigenvalue weighted by Gasteiger charge is -2.25. The van der Waals surface area contributed by atoms with Gasteiger partial charge in [0.05, 0.1) is 12.1 Å². The number of carbonyl (C=O) groups excluding carboxylic acids is 2. The Bertz CT molecular complexity index is 1080. The second-order valence-corrected chi connectivity index (χ2v) is 8.70. The van der Waals surface area contributed by atoms with E-state index < -0.39 is 42.0 Å². The number of rotatable bonds is 6. The van der Waals surface area contributed by atoms with Crippen LogP contribution < -0.4 is 21.3 Å². The van der Waals surface area contributed by atoms with Crippen molar-refractivity contribution in [2.75, 3.05) is 20.6 Å². The number of phenolic OH excluding ortho intramolecular Hbond substituents is 1. The van der Waals surface area contributed by atoms with Gasteiger partial charge in [0, 0.05) is 25.8 Å². The Morgan fingerprint density at radius 2 is 1.80 bits per heavy atom. The monoisotopic (exact) mass is 484 g/mol. The largest absolute Gasteiger partial charge is 0.508 e. The number of aliphatic hydroxyl groups excluding tert-OH is 1. The van der Waals surface area contributed by atoms with Gasteiger partial charge in [0.2, 0.25) is 11.8 Å². The van der Waals surface area contributed by atoms with E-state index >= 15 is 0 Å². The van der Waals surface area contributed by atoms with Crippen LogP contribution in [0, 0.1) is 0 Å². The molecule has 2 aromatic carbocycles. The van der Waals surface area contributed by atoms with Gasteiger partial charge in [-0.15, -0.1) is 0 Å². The van der Waals surface area contributed by atoms with Gasteiger partial charge in [-0.25, -0.2) is 4.79 Å². The molecule has 7 N–H and O–H groups in total. The molecule has 0 spiro atoms. The Morgan fingerprint density at radius 1 is 1.06 bits per heavy atom. The molecule has 3 rings (SSSR count). The Kier molecular flexibility index (Phi) is 8.80. The maximum absolute atomic E-state index is 13.1. The summed E-state index contributed by atoms with van der Waals surface area (Å²) < 4.78 is 0. The smallest absolute Gasteiger partial charge is 0.326 e. The molecule has 2 aromatic rings. The number of phenols is 1. The average Bonchev–Trinajstić information content (AvgIpc) is 2.82. The van der Waals surface area contributed by atoms with E-state index in [-0.39, 0.29) is 31.6 Å². The molecule has 1 heterocycles. The van der Waals surface area contributed by atoms with Gasteiger partial charge in [-0.2, -0.15) is 0 Å². The van der Waals surface area contributed by atoms with Gasteiger partial charge in [-0.05, 0) is 48.5 Å². The average molecular weight is 485 g/mol. The predicted octanol–water partition coefficient (Wildman–Crippen LogP) is -0.230. The molecule has 0 aliphatic carbocycles. The zero-order valence-electron chi connectivity index (χ0n) is 19.7. The highest BCUT2D eigenvalue weighted by molar-refractivity contribution is 5.92. The Hall–Kier alpha value is -3.47. The number of hydrogen-bond acceptors (Lipinski definition) is 7. The van der Waals surface area contributed by atoms with E-state index in [2.05, 4.69) is 21.3 Å². The van der Waals surface area contributed by atoms with Gasteiger partial charge in [0.1, 0.15) is 17.8 Å². The number of carbonyl (C=O) groups is 3. The number of carboxylic acid groups (broad SMARTS) is 1. The fraction of sp³-hybridized carbons (Fsp3) is 0.400. The number of aromatic hydroxyl groups is 1. The minimum Gasteiger partial charge on any atom is -0.508 e. The van der Waals surface area contributed by atoms with Gasteiger partial charge in [0.15, 0.2) is 0 Å². The number of aliphatic hydroxyl groups is 1. The number of nitrogens with one attached hydrogen (secondary N) is 4. The second-order valence-electron chi connectivity index (χ2n) is 8.70. The summed E-state index contributed by atoms with van der Waals surface area (Å²) in [5.41, 5.74) is 2.85. The van der Waals surface area contributed by atoms with Gasteiger partial charge < -0.3 is 36.6 Å². The number of amides is 2. The SMILES string of the molecule is CNC[C@H](O)C[C@@H]1NC(=O)[C@@H](NC)Cc2cc(ccc2O)-c2cccc(c2)C[C@@H](C(=O)O)NC1=O. The molecule has 10 nitrogen and oxygen atoms in total. The topological polar surface area (TPSA) is 160 Å².